The number of methoxy groups -OCH3 is 1. The molecule has 10 heteroatoms. The van der Waals surface area contributed by atoms with Crippen molar-refractivity contribution in [3.05, 3.63) is 83.7 Å². The zero-order chi connectivity index (χ0) is 24.8. The summed E-state index contributed by atoms with van der Waals surface area (Å²) in [5, 5.41) is 8.92. The van der Waals surface area contributed by atoms with Gasteiger partial charge in [-0.05, 0) is 60.2 Å². The van der Waals surface area contributed by atoms with E-state index in [0.717, 1.165) is 5.56 Å². The number of piperazine rings is 1. The Morgan fingerprint density at radius 2 is 1.69 bits per heavy atom. The summed E-state index contributed by atoms with van der Waals surface area (Å²) in [6.45, 7) is 1.16. The first kappa shape index (κ1) is 24.2. The van der Waals surface area contributed by atoms with Crippen LogP contribution in [0.5, 0.6) is 11.5 Å². The molecular formula is C25H24N4O5S. The van der Waals surface area contributed by atoms with Gasteiger partial charge in [0.15, 0.2) is 11.5 Å². The molecule has 1 saturated heterocycles. The summed E-state index contributed by atoms with van der Waals surface area (Å²) in [6.07, 6.45) is 3.36. The van der Waals surface area contributed by atoms with E-state index < -0.39 is 10.0 Å². The third-order valence-corrected chi connectivity index (χ3v) is 7.61. The molecule has 2 aromatic carbocycles. The molecule has 0 aliphatic carbocycles. The maximum Gasteiger partial charge on any atom is 0.254 e. The van der Waals surface area contributed by atoms with Crippen molar-refractivity contribution in [1.29, 1.82) is 5.26 Å². The molecule has 3 aromatic rings. The monoisotopic (exact) mass is 492 g/mol. The highest BCUT2D eigenvalue weighted by molar-refractivity contribution is 7.89. The molecule has 0 bridgehead atoms. The van der Waals surface area contributed by atoms with Crippen LogP contribution in [-0.4, -0.2) is 61.8 Å². The normalized spacial score (nSPS) is 14.2. The number of rotatable bonds is 7. The molecule has 0 N–H and O–H groups in total. The Bertz CT molecular complexity index is 1330. The Morgan fingerprint density at radius 3 is 2.31 bits per heavy atom. The zero-order valence-electron chi connectivity index (χ0n) is 19.1. The van der Waals surface area contributed by atoms with E-state index in [1.165, 1.54) is 35.7 Å². The van der Waals surface area contributed by atoms with Gasteiger partial charge in [-0.25, -0.2) is 8.42 Å². The lowest BCUT2D eigenvalue weighted by atomic mass is 10.1. The lowest BCUT2D eigenvalue weighted by Gasteiger charge is -2.34. The summed E-state index contributed by atoms with van der Waals surface area (Å²) in [7, 11) is -2.17. The molecule has 180 valence electrons. The molecule has 1 fully saturated rings. The molecule has 1 aliphatic heterocycles. The van der Waals surface area contributed by atoms with Crippen molar-refractivity contribution in [2.24, 2.45) is 0 Å². The second-order valence-electron chi connectivity index (χ2n) is 7.84. The number of sulfonamides is 1. The number of hydrogen-bond acceptors (Lipinski definition) is 7. The number of hydrogen-bond donors (Lipinski definition) is 0. The third-order valence-electron chi connectivity index (χ3n) is 5.70. The molecule has 1 aromatic heterocycles. The van der Waals surface area contributed by atoms with Gasteiger partial charge in [-0.3, -0.25) is 9.78 Å². The average Bonchev–Trinajstić information content (AvgIpc) is 2.92. The molecule has 0 atom stereocenters. The van der Waals surface area contributed by atoms with Crippen LogP contribution in [0.15, 0.2) is 71.9 Å². The molecule has 2 heterocycles. The van der Waals surface area contributed by atoms with Crippen LogP contribution < -0.4 is 9.47 Å². The van der Waals surface area contributed by atoms with Crippen LogP contribution in [0.1, 0.15) is 21.5 Å². The van der Waals surface area contributed by atoms with Crippen LogP contribution in [0.2, 0.25) is 0 Å². The highest BCUT2D eigenvalue weighted by Gasteiger charge is 2.30. The van der Waals surface area contributed by atoms with E-state index in [4.69, 9.17) is 14.7 Å². The molecule has 0 unspecified atom stereocenters. The van der Waals surface area contributed by atoms with Crippen LogP contribution >= 0.6 is 0 Å². The van der Waals surface area contributed by atoms with Gasteiger partial charge in [0.25, 0.3) is 5.91 Å². The number of ether oxygens (including phenoxy) is 2. The summed E-state index contributed by atoms with van der Waals surface area (Å²) in [4.78, 5) is 18.9. The van der Waals surface area contributed by atoms with Crippen molar-refractivity contribution < 1.29 is 22.7 Å². The molecule has 0 saturated carbocycles. The van der Waals surface area contributed by atoms with E-state index in [1.54, 1.807) is 35.5 Å². The maximum atomic E-state index is 13.1. The van der Waals surface area contributed by atoms with Crippen LogP contribution in [0.25, 0.3) is 0 Å². The summed E-state index contributed by atoms with van der Waals surface area (Å²) in [5.41, 5.74) is 1.75. The molecule has 0 spiro atoms. The molecule has 9 nitrogen and oxygen atoms in total. The number of aromatic nitrogens is 1. The molecular weight excluding hydrogens is 468 g/mol. The minimum Gasteiger partial charge on any atom is -0.493 e. The number of amides is 1. The van der Waals surface area contributed by atoms with Gasteiger partial charge in [0, 0.05) is 44.1 Å². The van der Waals surface area contributed by atoms with Crippen molar-refractivity contribution in [2.75, 3.05) is 33.3 Å². The SMILES string of the molecule is COc1ccc(C(=O)N2CCN(S(=O)(=O)c3ccc(C#N)cc3)CC2)cc1OCc1ccncc1. The fourth-order valence-electron chi connectivity index (χ4n) is 3.73. The Hall–Kier alpha value is -3.94. The predicted octanol–water partition coefficient (Wildman–Crippen LogP) is 2.69. The van der Waals surface area contributed by atoms with Crippen molar-refractivity contribution in [3.8, 4) is 17.6 Å². The number of pyridine rings is 1. The number of carbonyl (C=O) groups is 1. The zero-order valence-corrected chi connectivity index (χ0v) is 19.9. The Balaban J connectivity index is 1.42. The number of carbonyl (C=O) groups excluding carboxylic acids is 1. The fourth-order valence-corrected chi connectivity index (χ4v) is 5.15. The van der Waals surface area contributed by atoms with Crippen molar-refractivity contribution in [1.82, 2.24) is 14.2 Å². The summed E-state index contributed by atoms with van der Waals surface area (Å²) in [5.74, 6) is 0.739. The highest BCUT2D eigenvalue weighted by atomic mass is 32.2. The van der Waals surface area contributed by atoms with Crippen molar-refractivity contribution in [2.45, 2.75) is 11.5 Å². The second-order valence-corrected chi connectivity index (χ2v) is 9.78. The van der Waals surface area contributed by atoms with E-state index in [9.17, 15) is 13.2 Å². The highest BCUT2D eigenvalue weighted by Crippen LogP contribution is 2.30. The fraction of sp³-hybridized carbons (Fsp3) is 0.240. The standard InChI is InChI=1S/C25H24N4O5S/c1-33-23-7-4-21(16-24(23)34-18-20-8-10-27-11-9-20)25(30)28-12-14-29(15-13-28)35(31,32)22-5-2-19(17-26)3-6-22/h2-11,16H,12-15,18H2,1H3. The van der Waals surface area contributed by atoms with Gasteiger partial charge in [0.1, 0.15) is 6.61 Å². The van der Waals surface area contributed by atoms with Crippen LogP contribution in [-0.2, 0) is 16.6 Å². The lowest BCUT2D eigenvalue weighted by molar-refractivity contribution is 0.0697. The van der Waals surface area contributed by atoms with E-state index in [1.807, 2.05) is 18.2 Å². The number of benzene rings is 2. The molecule has 0 radical (unpaired) electrons. The first-order valence-electron chi connectivity index (χ1n) is 10.9. The number of nitrogens with zero attached hydrogens (tertiary/aromatic N) is 4. The van der Waals surface area contributed by atoms with E-state index in [2.05, 4.69) is 4.98 Å². The quantitative estimate of drug-likeness (QED) is 0.498. The van der Waals surface area contributed by atoms with Gasteiger partial charge < -0.3 is 14.4 Å². The first-order valence-corrected chi connectivity index (χ1v) is 12.4. The van der Waals surface area contributed by atoms with Gasteiger partial charge in [-0.15, -0.1) is 0 Å². The molecule has 1 aliphatic rings. The van der Waals surface area contributed by atoms with Gasteiger partial charge >= 0.3 is 0 Å². The van der Waals surface area contributed by atoms with Crippen LogP contribution in [0, 0.1) is 11.3 Å². The van der Waals surface area contributed by atoms with Crippen molar-refractivity contribution >= 4 is 15.9 Å². The van der Waals surface area contributed by atoms with Crippen LogP contribution in [0.4, 0.5) is 0 Å². The van der Waals surface area contributed by atoms with Crippen LogP contribution in [0.3, 0.4) is 0 Å². The summed E-state index contributed by atoms with van der Waals surface area (Å²) < 4.78 is 38.5. The lowest BCUT2D eigenvalue weighted by Crippen LogP contribution is -2.50. The van der Waals surface area contributed by atoms with Gasteiger partial charge in [0.05, 0.1) is 23.6 Å². The summed E-state index contributed by atoms with van der Waals surface area (Å²) in [6, 6.07) is 16.5. The molecule has 1 amide bonds. The Morgan fingerprint density at radius 1 is 1.00 bits per heavy atom. The number of nitriles is 1. The van der Waals surface area contributed by atoms with Crippen molar-refractivity contribution in [3.63, 3.8) is 0 Å². The summed E-state index contributed by atoms with van der Waals surface area (Å²) >= 11 is 0. The topological polar surface area (TPSA) is 113 Å². The minimum atomic E-state index is -3.71. The Kier molecular flexibility index (Phi) is 7.29. The first-order chi connectivity index (χ1) is 16.9. The predicted molar refractivity (Wildman–Crippen MR) is 127 cm³/mol. The van der Waals surface area contributed by atoms with Gasteiger partial charge in [-0.1, -0.05) is 0 Å². The second kappa shape index (κ2) is 10.5. The van der Waals surface area contributed by atoms with Gasteiger partial charge in [-0.2, -0.15) is 9.57 Å². The third kappa shape index (κ3) is 5.42. The average molecular weight is 493 g/mol. The van der Waals surface area contributed by atoms with E-state index in [-0.39, 0.29) is 37.0 Å². The molecule has 4 rings (SSSR count). The minimum absolute atomic E-state index is 0.127. The molecule has 35 heavy (non-hydrogen) atoms. The smallest absolute Gasteiger partial charge is 0.254 e. The Labute approximate surface area is 204 Å². The van der Waals surface area contributed by atoms with Gasteiger partial charge in [0.2, 0.25) is 10.0 Å². The maximum absolute atomic E-state index is 13.1. The van der Waals surface area contributed by atoms with E-state index >= 15 is 0 Å². The largest absolute Gasteiger partial charge is 0.493 e. The van der Waals surface area contributed by atoms with E-state index in [0.29, 0.717) is 29.2 Å².